The Morgan fingerprint density at radius 2 is 1.71 bits per heavy atom. The number of hydrogen-bond donors (Lipinski definition) is 0. The average Bonchev–Trinajstić information content (AvgIpc) is 2.90. The molecule has 1 aliphatic rings. The summed E-state index contributed by atoms with van der Waals surface area (Å²) in [5.74, 6) is 2.20. The number of nitrogens with zero attached hydrogens (tertiary/aromatic N) is 4. The molecule has 1 aromatic heterocycles. The maximum absolute atomic E-state index is 13.2. The molecule has 34 heavy (non-hydrogen) atoms. The Labute approximate surface area is 201 Å². The van der Waals surface area contributed by atoms with Crippen LogP contribution in [0.5, 0.6) is 11.5 Å². The van der Waals surface area contributed by atoms with Crippen LogP contribution < -0.4 is 14.4 Å². The highest BCUT2D eigenvalue weighted by atomic mass is 16.5. The molecule has 2 heterocycles. The van der Waals surface area contributed by atoms with Crippen molar-refractivity contribution in [3.63, 3.8) is 0 Å². The second-order valence-electron chi connectivity index (χ2n) is 8.20. The monoisotopic (exact) mass is 460 g/mol. The van der Waals surface area contributed by atoms with Gasteiger partial charge in [0.15, 0.2) is 11.5 Å². The van der Waals surface area contributed by atoms with Gasteiger partial charge in [0.25, 0.3) is 5.91 Å². The van der Waals surface area contributed by atoms with E-state index in [1.807, 2.05) is 60.4 Å². The number of unbranched alkanes of at least 4 members (excludes halogenated alkanes) is 1. The molecule has 0 atom stereocenters. The average molecular weight is 461 g/mol. The van der Waals surface area contributed by atoms with E-state index in [1.54, 1.807) is 12.4 Å². The summed E-state index contributed by atoms with van der Waals surface area (Å²) in [5.41, 5.74) is 2.58. The minimum absolute atomic E-state index is 0.00775. The van der Waals surface area contributed by atoms with Crippen LogP contribution >= 0.6 is 0 Å². The van der Waals surface area contributed by atoms with E-state index in [-0.39, 0.29) is 5.91 Å². The molecule has 0 saturated carbocycles. The molecule has 178 valence electrons. The van der Waals surface area contributed by atoms with Crippen LogP contribution in [0.1, 0.15) is 37.0 Å². The van der Waals surface area contributed by atoms with Crippen LogP contribution in [0, 0.1) is 0 Å². The zero-order chi connectivity index (χ0) is 23.8. The molecular formula is C27H32N4O3. The highest BCUT2D eigenvalue weighted by Gasteiger charge is 2.24. The Balaban J connectivity index is 1.40. The maximum atomic E-state index is 13.2. The van der Waals surface area contributed by atoms with E-state index in [0.29, 0.717) is 56.5 Å². The predicted octanol–water partition coefficient (Wildman–Crippen LogP) is 4.68. The van der Waals surface area contributed by atoms with Gasteiger partial charge in [-0.3, -0.25) is 4.79 Å². The van der Waals surface area contributed by atoms with Gasteiger partial charge in [-0.2, -0.15) is 0 Å². The first-order valence-corrected chi connectivity index (χ1v) is 12.0. The Morgan fingerprint density at radius 3 is 2.44 bits per heavy atom. The molecular weight excluding hydrogens is 428 g/mol. The van der Waals surface area contributed by atoms with Crippen molar-refractivity contribution in [2.75, 3.05) is 44.3 Å². The smallest absolute Gasteiger partial charge is 0.254 e. The minimum atomic E-state index is 0.00775. The lowest BCUT2D eigenvalue weighted by Gasteiger charge is -2.35. The van der Waals surface area contributed by atoms with E-state index < -0.39 is 0 Å². The number of carbonyl (C=O) groups is 1. The molecule has 0 aliphatic carbocycles. The van der Waals surface area contributed by atoms with Crippen molar-refractivity contribution in [2.24, 2.45) is 0 Å². The molecule has 0 unspecified atom stereocenters. The van der Waals surface area contributed by atoms with Gasteiger partial charge in [-0.05, 0) is 31.5 Å². The SMILES string of the molecule is CCCCOc1ccc(C(=O)N2CCN(c3cc(-c4ccccc4)ncn3)CC2)cc1OCC. The van der Waals surface area contributed by atoms with E-state index in [2.05, 4.69) is 21.8 Å². The van der Waals surface area contributed by atoms with E-state index >= 15 is 0 Å². The number of anilines is 1. The molecule has 1 saturated heterocycles. The molecule has 0 N–H and O–H groups in total. The third-order valence-electron chi connectivity index (χ3n) is 5.86. The number of benzene rings is 2. The van der Waals surface area contributed by atoms with E-state index in [1.165, 1.54) is 0 Å². The van der Waals surface area contributed by atoms with Crippen molar-refractivity contribution in [3.8, 4) is 22.8 Å². The quantitative estimate of drug-likeness (QED) is 0.432. The highest BCUT2D eigenvalue weighted by Crippen LogP contribution is 2.30. The molecule has 1 aliphatic heterocycles. The lowest BCUT2D eigenvalue weighted by atomic mass is 10.1. The van der Waals surface area contributed by atoms with Gasteiger partial charge < -0.3 is 19.3 Å². The van der Waals surface area contributed by atoms with E-state index in [9.17, 15) is 4.79 Å². The van der Waals surface area contributed by atoms with Crippen molar-refractivity contribution >= 4 is 11.7 Å². The van der Waals surface area contributed by atoms with Gasteiger partial charge in [-0.25, -0.2) is 9.97 Å². The van der Waals surface area contributed by atoms with Crippen LogP contribution in [-0.2, 0) is 0 Å². The lowest BCUT2D eigenvalue weighted by Crippen LogP contribution is -2.49. The number of carbonyl (C=O) groups excluding carboxylic acids is 1. The molecule has 0 bridgehead atoms. The number of aromatic nitrogens is 2. The zero-order valence-corrected chi connectivity index (χ0v) is 19.9. The van der Waals surface area contributed by atoms with Crippen molar-refractivity contribution < 1.29 is 14.3 Å². The predicted molar refractivity (Wildman–Crippen MR) is 134 cm³/mol. The summed E-state index contributed by atoms with van der Waals surface area (Å²) in [6, 6.07) is 17.6. The van der Waals surface area contributed by atoms with Gasteiger partial charge in [0, 0.05) is 43.4 Å². The van der Waals surface area contributed by atoms with Crippen LogP contribution in [0.2, 0.25) is 0 Å². The molecule has 4 rings (SSSR count). The van der Waals surface area contributed by atoms with E-state index in [0.717, 1.165) is 29.9 Å². The van der Waals surface area contributed by atoms with Crippen molar-refractivity contribution in [1.29, 1.82) is 0 Å². The van der Waals surface area contributed by atoms with Gasteiger partial charge >= 0.3 is 0 Å². The number of ether oxygens (including phenoxy) is 2. The summed E-state index contributed by atoms with van der Waals surface area (Å²) < 4.78 is 11.6. The topological polar surface area (TPSA) is 67.8 Å². The van der Waals surface area contributed by atoms with Gasteiger partial charge in [0.2, 0.25) is 0 Å². The summed E-state index contributed by atoms with van der Waals surface area (Å²) in [6.07, 6.45) is 3.65. The molecule has 0 spiro atoms. The highest BCUT2D eigenvalue weighted by molar-refractivity contribution is 5.95. The van der Waals surface area contributed by atoms with Gasteiger partial charge in [-0.15, -0.1) is 0 Å². The van der Waals surface area contributed by atoms with Crippen molar-refractivity contribution in [2.45, 2.75) is 26.7 Å². The molecule has 7 nitrogen and oxygen atoms in total. The molecule has 7 heteroatoms. The normalized spacial score (nSPS) is 13.6. The number of piperazine rings is 1. The number of rotatable bonds is 9. The van der Waals surface area contributed by atoms with Crippen LogP contribution in [0.4, 0.5) is 5.82 Å². The first-order valence-electron chi connectivity index (χ1n) is 12.0. The molecule has 2 aromatic carbocycles. The van der Waals surface area contributed by atoms with Crippen LogP contribution in [0.25, 0.3) is 11.3 Å². The lowest BCUT2D eigenvalue weighted by molar-refractivity contribution is 0.0746. The Hall–Kier alpha value is -3.61. The van der Waals surface area contributed by atoms with E-state index in [4.69, 9.17) is 9.47 Å². The summed E-state index contributed by atoms with van der Waals surface area (Å²) in [4.78, 5) is 26.2. The van der Waals surface area contributed by atoms with Gasteiger partial charge in [0.05, 0.1) is 18.9 Å². The van der Waals surface area contributed by atoms with Crippen LogP contribution in [0.3, 0.4) is 0 Å². The number of amides is 1. The fourth-order valence-corrected chi connectivity index (χ4v) is 3.96. The first-order chi connectivity index (χ1) is 16.7. The fourth-order valence-electron chi connectivity index (χ4n) is 3.96. The summed E-state index contributed by atoms with van der Waals surface area (Å²) in [6.45, 7) is 7.90. The van der Waals surface area contributed by atoms with Crippen molar-refractivity contribution in [1.82, 2.24) is 14.9 Å². The van der Waals surface area contributed by atoms with Crippen LogP contribution in [0.15, 0.2) is 60.9 Å². The maximum Gasteiger partial charge on any atom is 0.254 e. The Bertz CT molecular complexity index is 1080. The number of hydrogen-bond acceptors (Lipinski definition) is 6. The molecule has 1 fully saturated rings. The minimum Gasteiger partial charge on any atom is -0.490 e. The standard InChI is InChI=1S/C27H32N4O3/c1-3-5-17-34-24-12-11-22(18-25(24)33-4-2)27(32)31-15-13-30(14-16-31)26-19-23(28-20-29-26)21-9-7-6-8-10-21/h6-12,18-20H,3-5,13-17H2,1-2H3. The molecule has 0 radical (unpaired) electrons. The van der Waals surface area contributed by atoms with Crippen molar-refractivity contribution in [3.05, 3.63) is 66.5 Å². The second-order valence-corrected chi connectivity index (χ2v) is 8.20. The van der Waals surface area contributed by atoms with Crippen LogP contribution in [-0.4, -0.2) is 60.2 Å². The van der Waals surface area contributed by atoms with Gasteiger partial charge in [0.1, 0.15) is 12.1 Å². The van der Waals surface area contributed by atoms with Gasteiger partial charge in [-0.1, -0.05) is 43.7 Å². The summed E-state index contributed by atoms with van der Waals surface area (Å²) >= 11 is 0. The fraction of sp³-hybridized carbons (Fsp3) is 0.370. The Morgan fingerprint density at radius 1 is 0.912 bits per heavy atom. The largest absolute Gasteiger partial charge is 0.490 e. The third kappa shape index (κ3) is 5.65. The Kier molecular flexibility index (Phi) is 7.96. The summed E-state index contributed by atoms with van der Waals surface area (Å²) in [5, 5.41) is 0. The third-order valence-corrected chi connectivity index (χ3v) is 5.86. The molecule has 3 aromatic rings. The zero-order valence-electron chi connectivity index (χ0n) is 19.9. The first kappa shape index (κ1) is 23.5. The molecule has 1 amide bonds. The summed E-state index contributed by atoms with van der Waals surface area (Å²) in [7, 11) is 0. The second kappa shape index (κ2) is 11.5.